The standard InChI is InChI=1S/C18H20N3O.ClH/c19-18-17(12-11-15-7-3-1-4-8-15)21(20-22-18)14-13-16-9-5-2-6-10-16;/h1-10H,11-14,19H2;1H/q+1;/p-1. The fourth-order valence-electron chi connectivity index (χ4n) is 2.54. The molecule has 0 fully saturated rings. The first kappa shape index (κ1) is 17.0. The molecule has 0 bridgehead atoms. The van der Waals surface area contributed by atoms with E-state index < -0.39 is 0 Å². The lowest BCUT2D eigenvalue weighted by Crippen LogP contribution is -3.00. The first-order chi connectivity index (χ1) is 10.8. The Hall–Kier alpha value is -2.33. The zero-order valence-corrected chi connectivity index (χ0v) is 13.6. The molecule has 0 unspecified atom stereocenters. The summed E-state index contributed by atoms with van der Waals surface area (Å²) < 4.78 is 7.04. The Morgan fingerprint density at radius 3 is 2.00 bits per heavy atom. The number of halogens is 1. The van der Waals surface area contributed by atoms with Gasteiger partial charge in [-0.3, -0.25) is 4.52 Å². The second-order valence-electron chi connectivity index (χ2n) is 5.33. The molecule has 3 rings (SSSR count). The topological polar surface area (TPSA) is 55.9 Å². The van der Waals surface area contributed by atoms with E-state index in [2.05, 4.69) is 41.7 Å². The number of aromatic nitrogens is 2. The molecule has 0 aliphatic rings. The third kappa shape index (κ3) is 4.57. The second kappa shape index (κ2) is 8.34. The Balaban J connectivity index is 0.00000192. The highest BCUT2D eigenvalue weighted by atomic mass is 35.5. The van der Waals surface area contributed by atoms with Crippen LogP contribution in [0.4, 0.5) is 5.88 Å². The van der Waals surface area contributed by atoms with Crippen molar-refractivity contribution in [3.8, 4) is 0 Å². The zero-order chi connectivity index (χ0) is 15.2. The summed E-state index contributed by atoms with van der Waals surface area (Å²) >= 11 is 0. The molecule has 5 heteroatoms. The van der Waals surface area contributed by atoms with Gasteiger partial charge >= 0.3 is 0 Å². The van der Waals surface area contributed by atoms with Crippen molar-refractivity contribution in [3.63, 3.8) is 0 Å². The maximum Gasteiger partial charge on any atom is 0.296 e. The van der Waals surface area contributed by atoms with Crippen LogP contribution in [0, 0.1) is 0 Å². The average Bonchev–Trinajstić information content (AvgIpc) is 2.93. The predicted molar refractivity (Wildman–Crippen MR) is 85.1 cm³/mol. The van der Waals surface area contributed by atoms with Gasteiger partial charge in [-0.15, -0.1) is 0 Å². The highest BCUT2D eigenvalue weighted by Crippen LogP contribution is 2.10. The molecule has 0 aliphatic carbocycles. The number of hydrogen-bond donors (Lipinski definition) is 1. The van der Waals surface area contributed by atoms with Gasteiger partial charge in [-0.25, -0.2) is 0 Å². The smallest absolute Gasteiger partial charge is 0.296 e. The van der Waals surface area contributed by atoms with Crippen molar-refractivity contribution in [2.75, 3.05) is 5.73 Å². The van der Waals surface area contributed by atoms with Crippen LogP contribution in [0.15, 0.2) is 65.2 Å². The molecule has 23 heavy (non-hydrogen) atoms. The first-order valence-corrected chi connectivity index (χ1v) is 7.55. The van der Waals surface area contributed by atoms with Crippen molar-refractivity contribution in [1.82, 2.24) is 5.27 Å². The van der Waals surface area contributed by atoms with E-state index >= 15 is 0 Å². The van der Waals surface area contributed by atoms with Crippen LogP contribution in [0.3, 0.4) is 0 Å². The minimum absolute atomic E-state index is 0. The third-order valence-electron chi connectivity index (χ3n) is 3.78. The molecule has 0 atom stereocenters. The van der Waals surface area contributed by atoms with Crippen molar-refractivity contribution in [1.29, 1.82) is 0 Å². The largest absolute Gasteiger partial charge is 1.00 e. The molecule has 0 saturated heterocycles. The SMILES string of the molecule is Nc1on[n+](CCc2ccccc2)c1CCc1ccccc1.[Cl-]. The molecule has 4 nitrogen and oxygen atoms in total. The lowest BCUT2D eigenvalue weighted by Gasteiger charge is -1.99. The summed E-state index contributed by atoms with van der Waals surface area (Å²) in [6.45, 7) is 0.773. The lowest BCUT2D eigenvalue weighted by molar-refractivity contribution is -0.767. The van der Waals surface area contributed by atoms with Crippen molar-refractivity contribution in [2.45, 2.75) is 25.8 Å². The zero-order valence-electron chi connectivity index (χ0n) is 12.9. The molecule has 0 amide bonds. The molecule has 120 valence electrons. The van der Waals surface area contributed by atoms with E-state index in [4.69, 9.17) is 10.3 Å². The van der Waals surface area contributed by atoms with Gasteiger partial charge in [0.1, 0.15) is 0 Å². The summed E-state index contributed by atoms with van der Waals surface area (Å²) in [7, 11) is 0. The third-order valence-corrected chi connectivity index (χ3v) is 3.78. The normalized spacial score (nSPS) is 10.3. The van der Waals surface area contributed by atoms with Gasteiger partial charge in [0.2, 0.25) is 5.27 Å². The Labute approximate surface area is 142 Å². The fraction of sp³-hybridized carbons (Fsp3) is 0.222. The van der Waals surface area contributed by atoms with Crippen LogP contribution >= 0.6 is 0 Å². The van der Waals surface area contributed by atoms with E-state index in [1.54, 1.807) is 0 Å². The molecule has 0 aliphatic heterocycles. The van der Waals surface area contributed by atoms with E-state index in [1.165, 1.54) is 11.1 Å². The molecule has 2 N–H and O–H groups in total. The summed E-state index contributed by atoms with van der Waals surface area (Å²) in [5, 5.41) is 4.06. The quantitative estimate of drug-likeness (QED) is 0.625. The number of hydrogen-bond acceptors (Lipinski definition) is 3. The van der Waals surface area contributed by atoms with Gasteiger partial charge in [0.05, 0.1) is 0 Å². The van der Waals surface area contributed by atoms with E-state index in [0.29, 0.717) is 5.88 Å². The monoisotopic (exact) mass is 329 g/mol. The van der Waals surface area contributed by atoms with E-state index in [1.807, 2.05) is 28.9 Å². The highest BCUT2D eigenvalue weighted by Gasteiger charge is 2.21. The van der Waals surface area contributed by atoms with Gasteiger partial charge < -0.3 is 18.1 Å². The fourth-order valence-corrected chi connectivity index (χ4v) is 2.54. The summed E-state index contributed by atoms with van der Waals surface area (Å²) in [6, 6.07) is 20.7. The van der Waals surface area contributed by atoms with Crippen molar-refractivity contribution in [2.24, 2.45) is 0 Å². The Bertz CT molecular complexity index is 714. The number of benzene rings is 2. The molecule has 0 saturated carbocycles. The molecule has 1 aromatic heterocycles. The van der Waals surface area contributed by atoms with Crippen LogP contribution in [-0.4, -0.2) is 5.27 Å². The number of nitrogens with two attached hydrogens (primary N) is 1. The van der Waals surface area contributed by atoms with Crippen molar-refractivity contribution < 1.29 is 21.6 Å². The number of nitrogens with zero attached hydrogens (tertiary/aromatic N) is 2. The van der Waals surface area contributed by atoms with Crippen LogP contribution in [-0.2, 0) is 25.8 Å². The number of nitrogen functional groups attached to an aromatic ring is 1. The van der Waals surface area contributed by atoms with Gasteiger partial charge in [-0.05, 0) is 22.2 Å². The van der Waals surface area contributed by atoms with E-state index in [9.17, 15) is 0 Å². The van der Waals surface area contributed by atoms with Crippen LogP contribution in [0.25, 0.3) is 0 Å². The van der Waals surface area contributed by atoms with Gasteiger partial charge in [0, 0.05) is 12.8 Å². The molecule has 0 radical (unpaired) electrons. The number of anilines is 1. The summed E-state index contributed by atoms with van der Waals surface area (Å²) in [5.74, 6) is 0.420. The Kier molecular flexibility index (Phi) is 6.18. The van der Waals surface area contributed by atoms with Crippen molar-refractivity contribution in [3.05, 3.63) is 77.5 Å². The maximum absolute atomic E-state index is 5.92. The molecule has 1 heterocycles. The van der Waals surface area contributed by atoms with Gasteiger partial charge in [0.15, 0.2) is 6.54 Å². The predicted octanol–water partition coefficient (Wildman–Crippen LogP) is -0.424. The van der Waals surface area contributed by atoms with Gasteiger partial charge in [0.25, 0.3) is 11.6 Å². The van der Waals surface area contributed by atoms with E-state index in [0.717, 1.165) is 31.5 Å². The maximum atomic E-state index is 5.92. The summed E-state index contributed by atoms with van der Waals surface area (Å²) in [6.07, 6.45) is 2.67. The molecule has 0 spiro atoms. The van der Waals surface area contributed by atoms with Crippen LogP contribution < -0.4 is 22.8 Å². The van der Waals surface area contributed by atoms with Gasteiger partial charge in [-0.2, -0.15) is 0 Å². The second-order valence-corrected chi connectivity index (χ2v) is 5.33. The molecule has 2 aromatic carbocycles. The van der Waals surface area contributed by atoms with Crippen molar-refractivity contribution >= 4 is 5.88 Å². The summed E-state index contributed by atoms with van der Waals surface area (Å²) in [5.41, 5.74) is 9.47. The minimum atomic E-state index is 0. The Morgan fingerprint density at radius 2 is 1.39 bits per heavy atom. The van der Waals surface area contributed by atoms with Crippen LogP contribution in [0.1, 0.15) is 16.8 Å². The Morgan fingerprint density at radius 1 is 0.826 bits per heavy atom. The first-order valence-electron chi connectivity index (χ1n) is 7.55. The van der Waals surface area contributed by atoms with Crippen LogP contribution in [0.2, 0.25) is 0 Å². The van der Waals surface area contributed by atoms with E-state index in [-0.39, 0.29) is 12.4 Å². The average molecular weight is 330 g/mol. The molecule has 3 aromatic rings. The van der Waals surface area contributed by atoms with Crippen LogP contribution in [0.5, 0.6) is 0 Å². The number of rotatable bonds is 6. The lowest BCUT2D eigenvalue weighted by atomic mass is 10.1. The molecular weight excluding hydrogens is 310 g/mol. The number of aryl methyl sites for hydroxylation is 3. The highest BCUT2D eigenvalue weighted by molar-refractivity contribution is 5.26. The summed E-state index contributed by atoms with van der Waals surface area (Å²) in [4.78, 5) is 0. The molecular formula is C18H20ClN3O. The van der Waals surface area contributed by atoms with Gasteiger partial charge in [-0.1, -0.05) is 60.7 Å². The minimum Gasteiger partial charge on any atom is -1.00 e.